The van der Waals surface area contributed by atoms with E-state index in [1.165, 1.54) is 32.1 Å². The molecular weight excluding hydrogens is 324 g/mol. The zero-order valence-corrected chi connectivity index (χ0v) is 15.5. The summed E-state index contributed by atoms with van der Waals surface area (Å²) >= 11 is 0. The molecule has 4 bridgehead atoms. The fourth-order valence-electron chi connectivity index (χ4n) is 5.56. The number of benzene rings is 1. The fourth-order valence-corrected chi connectivity index (χ4v) is 5.56. The van der Waals surface area contributed by atoms with E-state index in [4.69, 9.17) is 4.74 Å². The first kappa shape index (κ1) is 17.4. The van der Waals surface area contributed by atoms with Gasteiger partial charge in [-0.3, -0.25) is 0 Å². The van der Waals surface area contributed by atoms with Gasteiger partial charge in [0, 0.05) is 5.57 Å². The number of rotatable bonds is 5. The molecule has 0 spiro atoms. The van der Waals surface area contributed by atoms with Gasteiger partial charge in [-0.25, -0.2) is 4.79 Å². The van der Waals surface area contributed by atoms with Gasteiger partial charge in [-0.1, -0.05) is 30.9 Å². The smallest absolute Gasteiger partial charge is 0.334 e. The number of hydrogen-bond acceptors (Lipinski definition) is 3. The van der Waals surface area contributed by atoms with Crippen molar-refractivity contribution in [2.75, 3.05) is 0 Å². The van der Waals surface area contributed by atoms with Crippen LogP contribution in [-0.2, 0) is 9.53 Å². The van der Waals surface area contributed by atoms with Gasteiger partial charge in [-0.2, -0.15) is 0 Å². The Hall–Kier alpha value is -2.03. The summed E-state index contributed by atoms with van der Waals surface area (Å²) in [6.07, 6.45) is 10.6. The van der Waals surface area contributed by atoms with Crippen molar-refractivity contribution < 1.29 is 14.6 Å². The van der Waals surface area contributed by atoms with Crippen LogP contribution in [0.5, 0.6) is 5.75 Å². The Morgan fingerprint density at radius 2 is 1.73 bits per heavy atom. The number of esters is 1. The minimum atomic E-state index is -0.298. The molecule has 1 aromatic rings. The van der Waals surface area contributed by atoms with E-state index in [9.17, 15) is 9.90 Å². The number of phenolic OH excluding ortho intramolecular Hbond substituents is 1. The Kier molecular flexibility index (Phi) is 4.42. The van der Waals surface area contributed by atoms with E-state index < -0.39 is 0 Å². The third kappa shape index (κ3) is 3.20. The number of aromatic hydroxyl groups is 1. The molecule has 4 saturated carbocycles. The first-order valence-corrected chi connectivity index (χ1v) is 9.80. The molecule has 0 atom stereocenters. The second-order valence-electron chi connectivity index (χ2n) is 8.68. The molecule has 1 aromatic carbocycles. The lowest BCUT2D eigenvalue weighted by molar-refractivity contribution is -0.199. The molecule has 0 heterocycles. The second-order valence-corrected chi connectivity index (χ2v) is 8.68. The molecular formula is C23H28O3. The lowest BCUT2D eigenvalue weighted by atomic mass is 9.50. The van der Waals surface area contributed by atoms with Crippen LogP contribution in [0.25, 0.3) is 6.08 Å². The quantitative estimate of drug-likeness (QED) is 0.592. The van der Waals surface area contributed by atoms with Crippen molar-refractivity contribution in [3.63, 3.8) is 0 Å². The first-order valence-electron chi connectivity index (χ1n) is 9.80. The van der Waals surface area contributed by atoms with Crippen LogP contribution in [-0.4, -0.2) is 16.7 Å². The largest absolute Gasteiger partial charge is 0.508 e. The minimum absolute atomic E-state index is 0.240. The van der Waals surface area contributed by atoms with Crippen LogP contribution in [0, 0.1) is 23.7 Å². The summed E-state index contributed by atoms with van der Waals surface area (Å²) in [6.45, 7) is 6.11. The molecule has 0 aromatic heterocycles. The Bertz CT molecular complexity index is 700. The Labute approximate surface area is 155 Å². The number of phenols is 1. The van der Waals surface area contributed by atoms with Crippen molar-refractivity contribution in [1.82, 2.24) is 0 Å². The van der Waals surface area contributed by atoms with Gasteiger partial charge in [0.05, 0.1) is 0 Å². The third-order valence-corrected chi connectivity index (χ3v) is 6.93. The summed E-state index contributed by atoms with van der Waals surface area (Å²) in [7, 11) is 0. The van der Waals surface area contributed by atoms with E-state index in [1.54, 1.807) is 12.1 Å². The van der Waals surface area contributed by atoms with Crippen molar-refractivity contribution in [1.29, 1.82) is 0 Å². The van der Waals surface area contributed by atoms with Crippen LogP contribution in [0.3, 0.4) is 0 Å². The highest BCUT2D eigenvalue weighted by Crippen LogP contribution is 2.59. The predicted molar refractivity (Wildman–Crippen MR) is 102 cm³/mol. The molecule has 3 heteroatoms. The van der Waals surface area contributed by atoms with E-state index in [-0.39, 0.29) is 17.3 Å². The lowest BCUT2D eigenvalue weighted by Gasteiger charge is -2.59. The Morgan fingerprint density at radius 1 is 1.15 bits per heavy atom. The van der Waals surface area contributed by atoms with Crippen LogP contribution in [0.4, 0.5) is 0 Å². The van der Waals surface area contributed by atoms with Gasteiger partial charge in [0.15, 0.2) is 0 Å². The molecule has 1 N–H and O–H groups in total. The molecule has 138 valence electrons. The molecule has 3 nitrogen and oxygen atoms in total. The summed E-state index contributed by atoms with van der Waals surface area (Å²) in [5, 5.41) is 9.31. The maximum atomic E-state index is 12.6. The van der Waals surface area contributed by atoms with Crippen molar-refractivity contribution in [2.24, 2.45) is 23.7 Å². The zero-order valence-electron chi connectivity index (χ0n) is 15.5. The molecule has 0 radical (unpaired) electrons. The Morgan fingerprint density at radius 3 is 2.31 bits per heavy atom. The highest BCUT2D eigenvalue weighted by Gasteiger charge is 2.57. The third-order valence-electron chi connectivity index (χ3n) is 6.93. The fraction of sp³-hybridized carbons (Fsp3) is 0.522. The minimum Gasteiger partial charge on any atom is -0.508 e. The van der Waals surface area contributed by atoms with Gasteiger partial charge in [-0.15, -0.1) is 0 Å². The molecule has 5 rings (SSSR count). The normalized spacial score (nSPS) is 35.0. The molecule has 4 aliphatic rings. The molecule has 4 fully saturated rings. The second kappa shape index (κ2) is 6.61. The van der Waals surface area contributed by atoms with Crippen molar-refractivity contribution in [3.05, 3.63) is 48.1 Å². The molecule has 0 saturated heterocycles. The Balaban J connectivity index is 1.35. The van der Waals surface area contributed by atoms with Gasteiger partial charge in [0.1, 0.15) is 11.4 Å². The molecule has 0 amide bonds. The summed E-state index contributed by atoms with van der Waals surface area (Å²) in [6, 6.07) is 6.97. The molecule has 0 unspecified atom stereocenters. The topological polar surface area (TPSA) is 46.5 Å². The maximum absolute atomic E-state index is 12.6. The number of allylic oxidation sites excluding steroid dienone is 1. The van der Waals surface area contributed by atoms with Crippen LogP contribution in [0.15, 0.2) is 42.5 Å². The predicted octanol–water partition coefficient (Wildman–Crippen LogP) is 5.11. The van der Waals surface area contributed by atoms with E-state index in [2.05, 4.69) is 13.5 Å². The molecule has 4 aliphatic carbocycles. The van der Waals surface area contributed by atoms with Gasteiger partial charge in [0.25, 0.3) is 0 Å². The molecule has 0 aliphatic heterocycles. The van der Waals surface area contributed by atoms with E-state index in [1.807, 2.05) is 24.3 Å². The summed E-state index contributed by atoms with van der Waals surface area (Å²) < 4.78 is 6.09. The first-order chi connectivity index (χ1) is 12.4. The van der Waals surface area contributed by atoms with Crippen LogP contribution < -0.4 is 0 Å². The van der Waals surface area contributed by atoms with Gasteiger partial charge in [-0.05, 0) is 86.8 Å². The van der Waals surface area contributed by atoms with Crippen LogP contribution in [0.2, 0.25) is 0 Å². The van der Waals surface area contributed by atoms with E-state index in [0.717, 1.165) is 17.4 Å². The van der Waals surface area contributed by atoms with Crippen molar-refractivity contribution >= 4 is 12.0 Å². The van der Waals surface area contributed by atoms with Crippen molar-refractivity contribution in [2.45, 2.75) is 51.0 Å². The number of carbonyl (C=O) groups is 1. The lowest BCUT2D eigenvalue weighted by Crippen LogP contribution is -2.58. The highest BCUT2D eigenvalue weighted by molar-refractivity contribution is 5.88. The number of hydrogen-bond donors (Lipinski definition) is 1. The highest BCUT2D eigenvalue weighted by atomic mass is 16.6. The van der Waals surface area contributed by atoms with Gasteiger partial charge >= 0.3 is 5.97 Å². The van der Waals surface area contributed by atoms with Crippen LogP contribution in [0.1, 0.15) is 51.0 Å². The van der Waals surface area contributed by atoms with E-state index >= 15 is 0 Å². The maximum Gasteiger partial charge on any atom is 0.334 e. The van der Waals surface area contributed by atoms with Crippen LogP contribution >= 0.6 is 0 Å². The van der Waals surface area contributed by atoms with Gasteiger partial charge < -0.3 is 9.84 Å². The summed E-state index contributed by atoms with van der Waals surface area (Å²) in [5.74, 6) is 2.79. The monoisotopic (exact) mass is 352 g/mol. The number of ether oxygens (including phenoxy) is 1. The van der Waals surface area contributed by atoms with Crippen molar-refractivity contribution in [3.8, 4) is 5.75 Å². The standard InChI is InChI=1S/C23H28O3/c1-15(4-3-5-16-6-8-21(24)9-7-16)22(25)26-23(2)19-11-17-10-18(13-19)14-20(23)12-17/h3,5-9,17-20,24H,1,4,10-14H2,2H3. The molecule has 26 heavy (non-hydrogen) atoms. The van der Waals surface area contributed by atoms with E-state index in [0.29, 0.717) is 23.8 Å². The SMILES string of the molecule is C=C(CC=Cc1ccc(O)cc1)C(=O)OC1(C)C2CC3CC(C2)CC1C3. The van der Waals surface area contributed by atoms with Gasteiger partial charge in [0.2, 0.25) is 0 Å². The zero-order chi connectivity index (χ0) is 18.3. The average molecular weight is 352 g/mol. The number of carbonyl (C=O) groups excluding carboxylic acids is 1. The summed E-state index contributed by atoms with van der Waals surface area (Å²) in [4.78, 5) is 12.6. The average Bonchev–Trinajstić information content (AvgIpc) is 2.61. The summed E-state index contributed by atoms with van der Waals surface area (Å²) in [5.41, 5.74) is 1.20.